The van der Waals surface area contributed by atoms with Crippen molar-refractivity contribution in [3.05, 3.63) is 35.9 Å². The van der Waals surface area contributed by atoms with E-state index in [4.69, 9.17) is 11.5 Å². The van der Waals surface area contributed by atoms with E-state index in [1.54, 1.807) is 4.90 Å². The van der Waals surface area contributed by atoms with Crippen LogP contribution in [0.3, 0.4) is 0 Å². The first-order chi connectivity index (χ1) is 15.0. The fourth-order valence-corrected chi connectivity index (χ4v) is 4.93. The number of nitrogens with two attached hydrogens (primary N) is 2. The molecule has 2 aliphatic rings. The molecule has 4 amide bonds. The van der Waals surface area contributed by atoms with Crippen LogP contribution in [0, 0.1) is 5.92 Å². The number of imide groups is 1. The van der Waals surface area contributed by atoms with Gasteiger partial charge in [-0.3, -0.25) is 9.59 Å². The molecule has 31 heavy (non-hydrogen) atoms. The van der Waals surface area contributed by atoms with Crippen molar-refractivity contribution in [2.24, 2.45) is 17.4 Å². The molecule has 1 aliphatic carbocycles. The fraction of sp³-hybridized carbons (Fsp3) is 0.625. The zero-order chi connectivity index (χ0) is 22.2. The smallest absolute Gasteiger partial charge is 0.328 e. The second kappa shape index (κ2) is 11.3. The summed E-state index contributed by atoms with van der Waals surface area (Å²) in [6.07, 6.45) is 9.17. The normalized spacial score (nSPS) is 21.0. The standard InChI is InChI=1S/C24H36N4O3/c25-15-9-3-8-14-20-23(30)28(21(22(26)29)16-18-10-4-1-5-11-18)24(31)27(20)17-19-12-6-2-7-13-19/h2,6-7,12-13,18,20-21H,1,3-5,8-11,14-17,25H2,(H2,26,29)/t20-,21-/m1/s1. The lowest BCUT2D eigenvalue weighted by atomic mass is 9.84. The maximum atomic E-state index is 13.4. The lowest BCUT2D eigenvalue weighted by Gasteiger charge is -2.29. The van der Waals surface area contributed by atoms with Gasteiger partial charge in [0, 0.05) is 6.54 Å². The van der Waals surface area contributed by atoms with Crippen molar-refractivity contribution in [2.75, 3.05) is 6.54 Å². The minimum atomic E-state index is -0.865. The Balaban J connectivity index is 1.80. The van der Waals surface area contributed by atoms with Gasteiger partial charge in [-0.15, -0.1) is 0 Å². The minimum absolute atomic E-state index is 0.284. The number of carbonyl (C=O) groups excluding carboxylic acids is 3. The summed E-state index contributed by atoms with van der Waals surface area (Å²) in [6.45, 7) is 0.959. The number of amides is 4. The Hall–Kier alpha value is -2.41. The first-order valence-corrected chi connectivity index (χ1v) is 11.7. The molecule has 0 aromatic heterocycles. The summed E-state index contributed by atoms with van der Waals surface area (Å²) in [5, 5.41) is 0. The Kier molecular flexibility index (Phi) is 8.46. The van der Waals surface area contributed by atoms with Crippen LogP contribution in [0.25, 0.3) is 0 Å². The molecular weight excluding hydrogens is 392 g/mol. The van der Waals surface area contributed by atoms with Crippen molar-refractivity contribution in [3.8, 4) is 0 Å². The molecule has 1 aromatic rings. The van der Waals surface area contributed by atoms with Gasteiger partial charge in [0.05, 0.1) is 0 Å². The van der Waals surface area contributed by atoms with E-state index in [9.17, 15) is 14.4 Å². The van der Waals surface area contributed by atoms with Crippen molar-refractivity contribution in [2.45, 2.75) is 82.8 Å². The Morgan fingerprint density at radius 3 is 2.39 bits per heavy atom. The molecule has 1 saturated carbocycles. The van der Waals surface area contributed by atoms with E-state index < -0.39 is 24.0 Å². The summed E-state index contributed by atoms with van der Waals surface area (Å²) in [6, 6.07) is 7.83. The Bertz CT molecular complexity index is 748. The molecular formula is C24H36N4O3. The zero-order valence-corrected chi connectivity index (χ0v) is 18.4. The van der Waals surface area contributed by atoms with Crippen molar-refractivity contribution in [1.29, 1.82) is 0 Å². The number of carbonyl (C=O) groups is 3. The highest BCUT2D eigenvalue weighted by Gasteiger charge is 2.49. The molecule has 1 aliphatic heterocycles. The molecule has 4 N–H and O–H groups in total. The topological polar surface area (TPSA) is 110 Å². The summed E-state index contributed by atoms with van der Waals surface area (Å²) >= 11 is 0. The second-order valence-corrected chi connectivity index (χ2v) is 8.92. The van der Waals surface area contributed by atoms with Crippen LogP contribution >= 0.6 is 0 Å². The van der Waals surface area contributed by atoms with Gasteiger partial charge in [-0.1, -0.05) is 75.3 Å². The van der Waals surface area contributed by atoms with Crippen molar-refractivity contribution in [3.63, 3.8) is 0 Å². The molecule has 0 bridgehead atoms. The number of nitrogens with zero attached hydrogens (tertiary/aromatic N) is 2. The van der Waals surface area contributed by atoms with Crippen molar-refractivity contribution >= 4 is 17.8 Å². The van der Waals surface area contributed by atoms with Crippen LogP contribution in [-0.2, 0) is 16.1 Å². The maximum absolute atomic E-state index is 13.4. The predicted octanol–water partition coefficient (Wildman–Crippen LogP) is 3.16. The van der Waals surface area contributed by atoms with Crippen LogP contribution in [0.5, 0.6) is 0 Å². The molecule has 170 valence electrons. The zero-order valence-electron chi connectivity index (χ0n) is 18.4. The van der Waals surface area contributed by atoms with E-state index in [0.29, 0.717) is 31.8 Å². The molecule has 0 spiro atoms. The minimum Gasteiger partial charge on any atom is -0.368 e. The number of unbranched alkanes of at least 4 members (excludes halogenated alkanes) is 2. The highest BCUT2D eigenvalue weighted by molar-refractivity contribution is 6.07. The van der Waals surface area contributed by atoms with E-state index in [1.165, 1.54) is 11.3 Å². The van der Waals surface area contributed by atoms with Crippen LogP contribution < -0.4 is 11.5 Å². The van der Waals surface area contributed by atoms with E-state index >= 15 is 0 Å². The van der Waals surface area contributed by atoms with Gasteiger partial charge < -0.3 is 16.4 Å². The predicted molar refractivity (Wildman–Crippen MR) is 120 cm³/mol. The van der Waals surface area contributed by atoms with Gasteiger partial charge in [-0.2, -0.15) is 0 Å². The molecule has 0 unspecified atom stereocenters. The largest absolute Gasteiger partial charge is 0.368 e. The summed E-state index contributed by atoms with van der Waals surface area (Å²) in [5.41, 5.74) is 12.3. The number of rotatable bonds is 11. The Morgan fingerprint density at radius 1 is 1.03 bits per heavy atom. The first-order valence-electron chi connectivity index (χ1n) is 11.7. The highest BCUT2D eigenvalue weighted by Crippen LogP contribution is 2.32. The Morgan fingerprint density at radius 2 is 1.74 bits per heavy atom. The van der Waals surface area contributed by atoms with Gasteiger partial charge in [-0.25, -0.2) is 9.69 Å². The van der Waals surface area contributed by atoms with E-state index in [2.05, 4.69) is 0 Å². The van der Waals surface area contributed by atoms with Gasteiger partial charge in [0.25, 0.3) is 5.91 Å². The number of hydrogen-bond donors (Lipinski definition) is 2. The third-order valence-corrected chi connectivity index (χ3v) is 6.65. The fourth-order valence-electron chi connectivity index (χ4n) is 4.93. The van der Waals surface area contributed by atoms with Crippen LogP contribution in [0.1, 0.15) is 69.8 Å². The summed E-state index contributed by atoms with van der Waals surface area (Å²) in [7, 11) is 0. The molecule has 2 atom stereocenters. The van der Waals surface area contributed by atoms with Crippen LogP contribution in [0.4, 0.5) is 4.79 Å². The van der Waals surface area contributed by atoms with E-state index in [0.717, 1.165) is 50.5 Å². The quantitative estimate of drug-likeness (QED) is 0.417. The number of primary amides is 1. The third-order valence-electron chi connectivity index (χ3n) is 6.65. The lowest BCUT2D eigenvalue weighted by Crippen LogP contribution is -2.49. The van der Waals surface area contributed by atoms with Crippen LogP contribution in [0.15, 0.2) is 30.3 Å². The lowest BCUT2D eigenvalue weighted by molar-refractivity contribution is -0.135. The second-order valence-electron chi connectivity index (χ2n) is 8.92. The molecule has 0 radical (unpaired) electrons. The molecule has 3 rings (SSSR count). The first kappa shape index (κ1) is 23.3. The van der Waals surface area contributed by atoms with Crippen molar-refractivity contribution < 1.29 is 14.4 Å². The monoisotopic (exact) mass is 428 g/mol. The summed E-state index contributed by atoms with van der Waals surface area (Å²) < 4.78 is 0. The average molecular weight is 429 g/mol. The van der Waals surface area contributed by atoms with E-state index in [-0.39, 0.29) is 5.91 Å². The maximum Gasteiger partial charge on any atom is 0.328 e. The summed E-state index contributed by atoms with van der Waals surface area (Å²) in [5.74, 6) is -0.540. The van der Waals surface area contributed by atoms with Crippen LogP contribution in [0.2, 0.25) is 0 Å². The van der Waals surface area contributed by atoms with Gasteiger partial charge in [0.15, 0.2) is 0 Å². The molecule has 7 nitrogen and oxygen atoms in total. The van der Waals surface area contributed by atoms with Crippen LogP contribution in [-0.4, -0.2) is 46.3 Å². The molecule has 1 saturated heterocycles. The molecule has 1 heterocycles. The highest BCUT2D eigenvalue weighted by atomic mass is 16.2. The number of benzene rings is 1. The van der Waals surface area contributed by atoms with Gasteiger partial charge in [0.2, 0.25) is 5.91 Å². The third kappa shape index (κ3) is 5.85. The van der Waals surface area contributed by atoms with Gasteiger partial charge in [0.1, 0.15) is 12.1 Å². The Labute approximate surface area is 185 Å². The van der Waals surface area contributed by atoms with Crippen molar-refractivity contribution in [1.82, 2.24) is 9.80 Å². The van der Waals surface area contributed by atoms with E-state index in [1.807, 2.05) is 30.3 Å². The molecule has 1 aromatic carbocycles. The molecule has 2 fully saturated rings. The SMILES string of the molecule is NCCCCC[C@@H]1C(=O)N([C@H](CC2CCCCC2)C(N)=O)C(=O)N1Cc1ccccc1. The summed E-state index contributed by atoms with van der Waals surface area (Å²) in [4.78, 5) is 42.0. The molecule has 7 heteroatoms. The number of hydrogen-bond acceptors (Lipinski definition) is 4. The average Bonchev–Trinajstić information content (AvgIpc) is 3.00. The number of urea groups is 1. The van der Waals surface area contributed by atoms with Gasteiger partial charge >= 0.3 is 6.03 Å². The van der Waals surface area contributed by atoms with Gasteiger partial charge in [-0.05, 0) is 37.3 Å².